The van der Waals surface area contributed by atoms with E-state index in [-0.39, 0.29) is 23.1 Å². The average Bonchev–Trinajstić information content (AvgIpc) is 2.85. The van der Waals surface area contributed by atoms with Crippen molar-refractivity contribution in [3.05, 3.63) is 29.6 Å². The average molecular weight is 236 g/mol. The highest BCUT2D eigenvalue weighted by Crippen LogP contribution is 2.44. The molecule has 0 aromatic heterocycles. The van der Waals surface area contributed by atoms with Crippen LogP contribution in [-0.4, -0.2) is 19.0 Å². The van der Waals surface area contributed by atoms with Crippen molar-refractivity contribution < 1.29 is 9.18 Å². The molecule has 0 bridgehead atoms. The molecule has 1 aliphatic rings. The smallest absolute Gasteiger partial charge is 0.253 e. The Morgan fingerprint density at radius 2 is 2.12 bits per heavy atom. The lowest BCUT2D eigenvalue weighted by Crippen LogP contribution is -2.29. The van der Waals surface area contributed by atoms with Crippen LogP contribution in [0.4, 0.5) is 10.1 Å². The second-order valence-corrected chi connectivity index (χ2v) is 5.13. The van der Waals surface area contributed by atoms with Gasteiger partial charge < -0.3 is 10.6 Å². The molecule has 1 aromatic rings. The number of hydrogen-bond donors (Lipinski definition) is 2. The SMILES string of the molecule is CNc1c(F)cccc1C(=O)NC1CC1(C)C. The molecular formula is C13H17FN2O. The van der Waals surface area contributed by atoms with E-state index in [0.717, 1.165) is 6.42 Å². The Kier molecular flexibility index (Phi) is 2.81. The van der Waals surface area contributed by atoms with Gasteiger partial charge in [-0.3, -0.25) is 4.79 Å². The van der Waals surface area contributed by atoms with Gasteiger partial charge in [0.25, 0.3) is 5.91 Å². The van der Waals surface area contributed by atoms with E-state index in [1.54, 1.807) is 19.2 Å². The van der Waals surface area contributed by atoms with Gasteiger partial charge in [-0.15, -0.1) is 0 Å². The summed E-state index contributed by atoms with van der Waals surface area (Å²) in [5.74, 6) is -0.625. The van der Waals surface area contributed by atoms with Gasteiger partial charge in [-0.05, 0) is 24.0 Å². The standard InChI is InChI=1S/C13H17FN2O/c1-13(2)7-10(13)16-12(17)8-5-4-6-9(14)11(8)15-3/h4-6,10,15H,7H2,1-3H3,(H,16,17). The monoisotopic (exact) mass is 236 g/mol. The van der Waals surface area contributed by atoms with Gasteiger partial charge in [-0.1, -0.05) is 19.9 Å². The molecule has 1 aromatic carbocycles. The highest BCUT2D eigenvalue weighted by molar-refractivity contribution is 6.00. The van der Waals surface area contributed by atoms with Crippen LogP contribution in [0.3, 0.4) is 0 Å². The van der Waals surface area contributed by atoms with Crippen molar-refractivity contribution in [2.24, 2.45) is 5.41 Å². The molecule has 1 unspecified atom stereocenters. The third-order valence-electron chi connectivity index (χ3n) is 3.33. The minimum absolute atomic E-state index is 0.169. The number of hydrogen-bond acceptors (Lipinski definition) is 2. The Bertz CT molecular complexity index is 457. The molecule has 0 heterocycles. The Hall–Kier alpha value is -1.58. The lowest BCUT2D eigenvalue weighted by molar-refractivity contribution is 0.0947. The first-order chi connectivity index (χ1) is 7.95. The number of rotatable bonds is 3. The molecule has 1 amide bonds. The minimum atomic E-state index is -0.407. The van der Waals surface area contributed by atoms with Crippen molar-refractivity contribution >= 4 is 11.6 Å². The van der Waals surface area contributed by atoms with Crippen LogP contribution in [0.5, 0.6) is 0 Å². The highest BCUT2D eigenvalue weighted by atomic mass is 19.1. The van der Waals surface area contributed by atoms with Gasteiger partial charge in [0.15, 0.2) is 0 Å². The fourth-order valence-corrected chi connectivity index (χ4v) is 1.92. The lowest BCUT2D eigenvalue weighted by atomic mass is 10.1. The molecule has 0 saturated heterocycles. The number of nitrogens with one attached hydrogen (secondary N) is 2. The predicted molar refractivity (Wildman–Crippen MR) is 65.6 cm³/mol. The maximum absolute atomic E-state index is 13.5. The number of halogens is 1. The van der Waals surface area contributed by atoms with E-state index >= 15 is 0 Å². The van der Waals surface area contributed by atoms with Crippen LogP contribution >= 0.6 is 0 Å². The van der Waals surface area contributed by atoms with Crippen molar-refractivity contribution in [1.29, 1.82) is 0 Å². The van der Waals surface area contributed by atoms with Gasteiger partial charge in [0.1, 0.15) is 5.82 Å². The van der Waals surface area contributed by atoms with Crippen molar-refractivity contribution in [2.45, 2.75) is 26.3 Å². The topological polar surface area (TPSA) is 41.1 Å². The molecular weight excluding hydrogens is 219 g/mol. The van der Waals surface area contributed by atoms with Crippen LogP contribution in [-0.2, 0) is 0 Å². The normalized spacial score (nSPS) is 20.8. The van der Waals surface area contributed by atoms with Crippen molar-refractivity contribution in [2.75, 3.05) is 12.4 Å². The summed E-state index contributed by atoms with van der Waals surface area (Å²) in [6.07, 6.45) is 0.975. The van der Waals surface area contributed by atoms with E-state index in [9.17, 15) is 9.18 Å². The molecule has 1 atom stereocenters. The number of benzene rings is 1. The van der Waals surface area contributed by atoms with E-state index in [0.29, 0.717) is 5.56 Å². The molecule has 1 saturated carbocycles. The van der Waals surface area contributed by atoms with Crippen molar-refractivity contribution in [3.63, 3.8) is 0 Å². The maximum Gasteiger partial charge on any atom is 0.253 e. The third kappa shape index (κ3) is 2.25. The second-order valence-electron chi connectivity index (χ2n) is 5.13. The quantitative estimate of drug-likeness (QED) is 0.846. The molecule has 1 fully saturated rings. The number of amides is 1. The number of carbonyl (C=O) groups excluding carboxylic acids is 1. The van der Waals surface area contributed by atoms with Crippen molar-refractivity contribution in [3.8, 4) is 0 Å². The Balaban J connectivity index is 2.17. The fourth-order valence-electron chi connectivity index (χ4n) is 1.92. The van der Waals surface area contributed by atoms with Gasteiger partial charge >= 0.3 is 0 Å². The zero-order chi connectivity index (χ0) is 12.6. The Morgan fingerprint density at radius 1 is 1.47 bits per heavy atom. The second kappa shape index (κ2) is 4.02. The van der Waals surface area contributed by atoms with Crippen LogP contribution in [0.15, 0.2) is 18.2 Å². The first-order valence-corrected chi connectivity index (χ1v) is 5.73. The number of para-hydroxylation sites is 1. The molecule has 4 heteroatoms. The van der Waals surface area contributed by atoms with Crippen LogP contribution in [0.1, 0.15) is 30.6 Å². The molecule has 2 N–H and O–H groups in total. The van der Waals surface area contributed by atoms with E-state index in [1.165, 1.54) is 6.07 Å². The Morgan fingerprint density at radius 3 is 2.65 bits per heavy atom. The summed E-state index contributed by atoms with van der Waals surface area (Å²) < 4.78 is 13.5. The highest BCUT2D eigenvalue weighted by Gasteiger charge is 2.46. The third-order valence-corrected chi connectivity index (χ3v) is 3.33. The van der Waals surface area contributed by atoms with E-state index in [4.69, 9.17) is 0 Å². The maximum atomic E-state index is 13.5. The molecule has 17 heavy (non-hydrogen) atoms. The Labute approximate surface area is 100 Å². The molecule has 0 spiro atoms. The van der Waals surface area contributed by atoms with Gasteiger partial charge in [0.05, 0.1) is 11.3 Å². The largest absolute Gasteiger partial charge is 0.385 e. The van der Waals surface area contributed by atoms with E-state index in [1.807, 2.05) is 0 Å². The molecule has 3 nitrogen and oxygen atoms in total. The van der Waals surface area contributed by atoms with E-state index in [2.05, 4.69) is 24.5 Å². The number of anilines is 1. The van der Waals surface area contributed by atoms with Crippen LogP contribution in [0, 0.1) is 11.2 Å². The van der Waals surface area contributed by atoms with E-state index < -0.39 is 5.82 Å². The van der Waals surface area contributed by atoms with Gasteiger partial charge in [0, 0.05) is 13.1 Å². The number of carbonyl (C=O) groups is 1. The summed E-state index contributed by atoms with van der Waals surface area (Å²) in [6.45, 7) is 4.20. The summed E-state index contributed by atoms with van der Waals surface area (Å²) in [7, 11) is 1.61. The predicted octanol–water partition coefficient (Wildman–Crippen LogP) is 2.40. The van der Waals surface area contributed by atoms with Gasteiger partial charge in [-0.25, -0.2) is 4.39 Å². The minimum Gasteiger partial charge on any atom is -0.385 e. The molecule has 1 aliphatic carbocycles. The van der Waals surface area contributed by atoms with Gasteiger partial charge in [-0.2, -0.15) is 0 Å². The molecule has 0 radical (unpaired) electrons. The summed E-state index contributed by atoms with van der Waals surface area (Å²) >= 11 is 0. The zero-order valence-corrected chi connectivity index (χ0v) is 10.3. The molecule has 92 valence electrons. The summed E-state index contributed by atoms with van der Waals surface area (Å²) in [6, 6.07) is 4.70. The molecule has 2 rings (SSSR count). The van der Waals surface area contributed by atoms with Crippen molar-refractivity contribution in [1.82, 2.24) is 5.32 Å². The van der Waals surface area contributed by atoms with Crippen LogP contribution in [0.2, 0.25) is 0 Å². The summed E-state index contributed by atoms with van der Waals surface area (Å²) in [4.78, 5) is 12.0. The molecule has 0 aliphatic heterocycles. The first-order valence-electron chi connectivity index (χ1n) is 5.73. The first kappa shape index (κ1) is 11.9. The van der Waals surface area contributed by atoms with Crippen LogP contribution < -0.4 is 10.6 Å². The van der Waals surface area contributed by atoms with Crippen LogP contribution in [0.25, 0.3) is 0 Å². The zero-order valence-electron chi connectivity index (χ0n) is 10.3. The summed E-state index contributed by atoms with van der Waals surface area (Å²) in [5.41, 5.74) is 0.779. The summed E-state index contributed by atoms with van der Waals surface area (Å²) in [5, 5.41) is 5.64. The fraction of sp³-hybridized carbons (Fsp3) is 0.462. The van der Waals surface area contributed by atoms with Gasteiger partial charge in [0.2, 0.25) is 0 Å². The lowest BCUT2D eigenvalue weighted by Gasteiger charge is -2.11.